The van der Waals surface area contributed by atoms with E-state index in [4.69, 9.17) is 0 Å². The molecular formula is C25H24N2O3. The molecule has 1 atom stereocenters. The molecule has 152 valence electrons. The van der Waals surface area contributed by atoms with Crippen molar-refractivity contribution < 1.29 is 14.7 Å². The maximum Gasteiger partial charge on any atom is 0.407 e. The second kappa shape index (κ2) is 8.51. The van der Waals surface area contributed by atoms with Crippen molar-refractivity contribution in [2.24, 2.45) is 0 Å². The molecule has 1 aliphatic rings. The molecule has 0 aliphatic carbocycles. The van der Waals surface area contributed by atoms with E-state index in [0.29, 0.717) is 13.1 Å². The van der Waals surface area contributed by atoms with E-state index in [9.17, 15) is 14.7 Å². The fourth-order valence-electron chi connectivity index (χ4n) is 4.55. The fraction of sp³-hybridized carbons (Fsp3) is 0.200. The third-order valence-corrected chi connectivity index (χ3v) is 5.87. The first-order valence-corrected chi connectivity index (χ1v) is 10.0. The highest BCUT2D eigenvalue weighted by molar-refractivity contribution is 5.72. The molecule has 1 aliphatic heterocycles. The Kier molecular flexibility index (Phi) is 5.63. The molecule has 4 rings (SSSR count). The predicted octanol–water partition coefficient (Wildman–Crippen LogP) is 3.84. The highest BCUT2D eigenvalue weighted by Gasteiger charge is 2.45. The zero-order valence-electron chi connectivity index (χ0n) is 16.6. The smallest absolute Gasteiger partial charge is 0.407 e. The van der Waals surface area contributed by atoms with Gasteiger partial charge < -0.3 is 9.90 Å². The highest BCUT2D eigenvalue weighted by Crippen LogP contribution is 2.43. The van der Waals surface area contributed by atoms with Crippen LogP contribution in [0.5, 0.6) is 0 Å². The van der Waals surface area contributed by atoms with Crippen LogP contribution in [0.4, 0.5) is 4.79 Å². The Hall–Kier alpha value is -3.44. The minimum Gasteiger partial charge on any atom is -0.465 e. The van der Waals surface area contributed by atoms with E-state index < -0.39 is 17.7 Å². The number of nitrogens with zero attached hydrogens (tertiary/aromatic N) is 2. The zero-order chi connectivity index (χ0) is 21.0. The van der Waals surface area contributed by atoms with Gasteiger partial charge in [-0.25, -0.2) is 4.79 Å². The fourth-order valence-corrected chi connectivity index (χ4v) is 4.55. The summed E-state index contributed by atoms with van der Waals surface area (Å²) in [5.41, 5.74) is 2.60. The monoisotopic (exact) mass is 400 g/mol. The second-order valence-electron chi connectivity index (χ2n) is 7.43. The number of hydrogen-bond acceptors (Lipinski definition) is 3. The van der Waals surface area contributed by atoms with E-state index in [0.717, 1.165) is 23.0 Å². The molecule has 1 amide bonds. The molecule has 30 heavy (non-hydrogen) atoms. The number of carbonyl (C=O) groups is 2. The molecule has 3 aromatic carbocycles. The Balaban J connectivity index is 1.94. The molecule has 0 radical (unpaired) electrons. The largest absolute Gasteiger partial charge is 0.465 e. The normalized spacial score (nSPS) is 17.5. The number of carbonyl (C=O) groups excluding carboxylic acids is 1. The van der Waals surface area contributed by atoms with Gasteiger partial charge in [0.15, 0.2) is 0 Å². The van der Waals surface area contributed by atoms with Gasteiger partial charge in [0.1, 0.15) is 12.3 Å². The first-order valence-electron chi connectivity index (χ1n) is 10.0. The van der Waals surface area contributed by atoms with Gasteiger partial charge >= 0.3 is 6.09 Å². The van der Waals surface area contributed by atoms with Crippen LogP contribution in [-0.4, -0.2) is 53.0 Å². The Bertz CT molecular complexity index is 896. The Morgan fingerprint density at radius 2 is 1.23 bits per heavy atom. The quantitative estimate of drug-likeness (QED) is 0.522. The molecule has 1 heterocycles. The summed E-state index contributed by atoms with van der Waals surface area (Å²) in [6, 6.07) is 29.9. The summed E-state index contributed by atoms with van der Waals surface area (Å²) in [5, 5.41) is 9.53. The second-order valence-corrected chi connectivity index (χ2v) is 7.43. The SMILES string of the molecule is O=CC1CN(C(c2ccccc2)(c2ccccc2)c2ccccc2)CCN1C(=O)O. The van der Waals surface area contributed by atoms with Crippen LogP contribution in [0.1, 0.15) is 16.7 Å². The Labute approximate surface area is 176 Å². The minimum atomic E-state index is -1.06. The Morgan fingerprint density at radius 1 is 0.800 bits per heavy atom. The first-order chi connectivity index (χ1) is 14.7. The average molecular weight is 400 g/mol. The number of benzene rings is 3. The summed E-state index contributed by atoms with van der Waals surface area (Å²) in [5.74, 6) is 0. The average Bonchev–Trinajstić information content (AvgIpc) is 2.81. The highest BCUT2D eigenvalue weighted by atomic mass is 16.4. The van der Waals surface area contributed by atoms with Crippen LogP contribution in [0.25, 0.3) is 0 Å². The Morgan fingerprint density at radius 3 is 1.60 bits per heavy atom. The van der Waals surface area contributed by atoms with Crippen molar-refractivity contribution in [2.45, 2.75) is 11.6 Å². The molecule has 1 N–H and O–H groups in total. The molecular weight excluding hydrogens is 376 g/mol. The van der Waals surface area contributed by atoms with Gasteiger partial charge in [0, 0.05) is 19.6 Å². The van der Waals surface area contributed by atoms with Crippen molar-refractivity contribution in [1.29, 1.82) is 0 Å². The zero-order valence-corrected chi connectivity index (χ0v) is 16.6. The summed E-state index contributed by atoms with van der Waals surface area (Å²) >= 11 is 0. The van der Waals surface area contributed by atoms with E-state index in [1.54, 1.807) is 0 Å². The summed E-state index contributed by atoms with van der Waals surface area (Å²) in [6.07, 6.45) is -0.317. The number of amides is 1. The summed E-state index contributed by atoms with van der Waals surface area (Å²) in [4.78, 5) is 26.9. The van der Waals surface area contributed by atoms with Crippen LogP contribution in [-0.2, 0) is 10.3 Å². The van der Waals surface area contributed by atoms with E-state index >= 15 is 0 Å². The van der Waals surface area contributed by atoms with Gasteiger partial charge in [0.25, 0.3) is 0 Å². The lowest BCUT2D eigenvalue weighted by Gasteiger charge is -2.50. The van der Waals surface area contributed by atoms with E-state index in [1.165, 1.54) is 4.90 Å². The van der Waals surface area contributed by atoms with Crippen LogP contribution in [0.15, 0.2) is 91.0 Å². The van der Waals surface area contributed by atoms with Gasteiger partial charge in [0.2, 0.25) is 0 Å². The molecule has 0 saturated carbocycles. The lowest BCUT2D eigenvalue weighted by Crippen LogP contribution is -2.61. The molecule has 0 aromatic heterocycles. The van der Waals surface area contributed by atoms with Crippen molar-refractivity contribution in [3.8, 4) is 0 Å². The number of piperazine rings is 1. The predicted molar refractivity (Wildman–Crippen MR) is 115 cm³/mol. The minimum absolute atomic E-state index is 0.271. The van der Waals surface area contributed by atoms with Crippen molar-refractivity contribution in [2.75, 3.05) is 19.6 Å². The molecule has 5 nitrogen and oxygen atoms in total. The lowest BCUT2D eigenvalue weighted by atomic mass is 9.75. The summed E-state index contributed by atoms with van der Waals surface area (Å²) in [7, 11) is 0. The van der Waals surface area contributed by atoms with Gasteiger partial charge in [0.05, 0.1) is 5.54 Å². The molecule has 5 heteroatoms. The third-order valence-electron chi connectivity index (χ3n) is 5.87. The number of aldehydes is 1. The van der Waals surface area contributed by atoms with Crippen LogP contribution < -0.4 is 0 Å². The maximum absolute atomic E-state index is 11.8. The summed E-state index contributed by atoms with van der Waals surface area (Å²) < 4.78 is 0. The number of hydrogen-bond donors (Lipinski definition) is 1. The van der Waals surface area contributed by atoms with Gasteiger partial charge in [-0.05, 0) is 16.7 Å². The van der Waals surface area contributed by atoms with Crippen molar-refractivity contribution in [3.05, 3.63) is 108 Å². The molecule has 1 fully saturated rings. The van der Waals surface area contributed by atoms with E-state index in [-0.39, 0.29) is 6.54 Å². The molecule has 0 spiro atoms. The van der Waals surface area contributed by atoms with Gasteiger partial charge in [-0.15, -0.1) is 0 Å². The maximum atomic E-state index is 11.8. The molecule has 3 aromatic rings. The van der Waals surface area contributed by atoms with E-state index in [2.05, 4.69) is 41.3 Å². The first kappa shape index (κ1) is 19.9. The van der Waals surface area contributed by atoms with Crippen LogP contribution in [0, 0.1) is 0 Å². The number of carboxylic acid groups (broad SMARTS) is 1. The van der Waals surface area contributed by atoms with Crippen molar-refractivity contribution in [3.63, 3.8) is 0 Å². The lowest BCUT2D eigenvalue weighted by molar-refractivity contribution is -0.114. The van der Waals surface area contributed by atoms with Crippen LogP contribution in [0.2, 0.25) is 0 Å². The molecule has 0 bridgehead atoms. The third kappa shape index (κ3) is 3.37. The van der Waals surface area contributed by atoms with Crippen LogP contribution in [0.3, 0.4) is 0 Å². The number of rotatable bonds is 5. The van der Waals surface area contributed by atoms with Crippen LogP contribution >= 0.6 is 0 Å². The van der Waals surface area contributed by atoms with Crippen molar-refractivity contribution >= 4 is 12.4 Å². The van der Waals surface area contributed by atoms with Gasteiger partial charge in [-0.3, -0.25) is 9.80 Å². The van der Waals surface area contributed by atoms with Gasteiger partial charge in [-0.2, -0.15) is 0 Å². The topological polar surface area (TPSA) is 60.9 Å². The molecule has 1 saturated heterocycles. The summed E-state index contributed by atoms with van der Waals surface area (Å²) in [6.45, 7) is 1.09. The molecule has 1 unspecified atom stereocenters. The van der Waals surface area contributed by atoms with E-state index in [1.807, 2.05) is 54.6 Å². The van der Waals surface area contributed by atoms with Crippen molar-refractivity contribution in [1.82, 2.24) is 9.80 Å². The van der Waals surface area contributed by atoms with Gasteiger partial charge in [-0.1, -0.05) is 91.0 Å². The standard InChI is InChI=1S/C25H24N2O3/c28-19-23-18-26(16-17-27(23)24(29)30)25(20-10-4-1-5-11-20,21-12-6-2-7-13-21)22-14-8-3-9-15-22/h1-15,19,23H,16-18H2,(H,29,30).